The van der Waals surface area contributed by atoms with Gasteiger partial charge in [0.05, 0.1) is 30.8 Å². The van der Waals surface area contributed by atoms with Gasteiger partial charge >= 0.3 is 6.09 Å². The molecule has 2 aromatic rings. The number of ether oxygens (including phenoxy) is 2. The van der Waals surface area contributed by atoms with Crippen molar-refractivity contribution in [3.63, 3.8) is 0 Å². The van der Waals surface area contributed by atoms with Crippen LogP contribution in [0.4, 0.5) is 10.5 Å². The van der Waals surface area contributed by atoms with Gasteiger partial charge in [0.2, 0.25) is 5.91 Å². The molecule has 0 spiro atoms. The quantitative estimate of drug-likeness (QED) is 0.794. The van der Waals surface area contributed by atoms with Gasteiger partial charge in [-0.1, -0.05) is 0 Å². The predicted molar refractivity (Wildman–Crippen MR) is 110 cm³/mol. The highest BCUT2D eigenvalue weighted by atomic mass is 16.6. The summed E-state index contributed by atoms with van der Waals surface area (Å²) in [6.45, 7) is 9.26. The third kappa shape index (κ3) is 6.16. The number of rotatable bonds is 5. The number of anilines is 1. The number of nitrogens with one attached hydrogen (secondary N) is 2. The molecule has 1 aromatic heterocycles. The molecule has 1 aliphatic heterocycles. The van der Waals surface area contributed by atoms with Crippen LogP contribution in [0.3, 0.4) is 0 Å². The summed E-state index contributed by atoms with van der Waals surface area (Å²) in [6.07, 6.45) is -0.538. The first kappa shape index (κ1) is 21.1. The molecule has 0 atom stereocenters. The summed E-state index contributed by atoms with van der Waals surface area (Å²) in [5, 5.41) is 2.81. The van der Waals surface area contributed by atoms with E-state index in [1.54, 1.807) is 26.8 Å². The van der Waals surface area contributed by atoms with E-state index in [-0.39, 0.29) is 12.5 Å². The van der Waals surface area contributed by atoms with Crippen LogP contribution in [0.25, 0.3) is 11.0 Å². The lowest BCUT2D eigenvalue weighted by molar-refractivity contribution is -0.117. The molecule has 9 nitrogen and oxygen atoms in total. The normalized spacial score (nSPS) is 15.3. The second kappa shape index (κ2) is 8.79. The summed E-state index contributed by atoms with van der Waals surface area (Å²) < 4.78 is 10.6. The number of imidazole rings is 1. The van der Waals surface area contributed by atoms with Gasteiger partial charge in [0.25, 0.3) is 0 Å². The van der Waals surface area contributed by atoms with Crippen molar-refractivity contribution < 1.29 is 19.1 Å². The maximum absolute atomic E-state index is 12.3. The van der Waals surface area contributed by atoms with Crippen LogP contribution in [0.1, 0.15) is 26.6 Å². The van der Waals surface area contributed by atoms with Gasteiger partial charge in [0.15, 0.2) is 0 Å². The second-order valence-electron chi connectivity index (χ2n) is 8.19. The molecular formula is C20H29N5O4. The molecule has 3 rings (SSSR count). The summed E-state index contributed by atoms with van der Waals surface area (Å²) in [4.78, 5) is 35.7. The van der Waals surface area contributed by atoms with Crippen LogP contribution < -0.4 is 5.32 Å². The SMILES string of the molecule is CN(CC(=O)Nc1ccc2nc(CN3CCOCC3)[nH]c2c1)C(=O)OC(C)(C)C. The van der Waals surface area contributed by atoms with Crippen molar-refractivity contribution in [3.05, 3.63) is 24.0 Å². The van der Waals surface area contributed by atoms with E-state index in [4.69, 9.17) is 9.47 Å². The zero-order valence-corrected chi connectivity index (χ0v) is 17.4. The molecule has 2 N–H and O–H groups in total. The molecule has 1 fully saturated rings. The van der Waals surface area contributed by atoms with E-state index in [0.717, 1.165) is 49.7 Å². The molecule has 9 heteroatoms. The highest BCUT2D eigenvalue weighted by molar-refractivity contribution is 5.95. The number of morpholine rings is 1. The summed E-state index contributed by atoms with van der Waals surface area (Å²) in [5.74, 6) is 0.584. The molecule has 1 saturated heterocycles. The van der Waals surface area contributed by atoms with Crippen molar-refractivity contribution in [3.8, 4) is 0 Å². The highest BCUT2D eigenvalue weighted by Crippen LogP contribution is 2.18. The van der Waals surface area contributed by atoms with E-state index in [1.807, 2.05) is 12.1 Å². The van der Waals surface area contributed by atoms with Crippen LogP contribution in [0.15, 0.2) is 18.2 Å². The molecular weight excluding hydrogens is 374 g/mol. The summed E-state index contributed by atoms with van der Waals surface area (Å²) in [5.41, 5.74) is 1.73. The first-order valence-corrected chi connectivity index (χ1v) is 9.72. The molecule has 0 radical (unpaired) electrons. The molecule has 0 bridgehead atoms. The number of likely N-dealkylation sites (N-methyl/N-ethyl adjacent to an activating group) is 1. The Morgan fingerprint density at radius 3 is 2.72 bits per heavy atom. The number of hydrogen-bond acceptors (Lipinski definition) is 6. The Balaban J connectivity index is 1.58. The Labute approximate surface area is 170 Å². The predicted octanol–water partition coefficient (Wildman–Crippen LogP) is 2.20. The number of hydrogen-bond donors (Lipinski definition) is 2. The van der Waals surface area contributed by atoms with E-state index in [1.165, 1.54) is 11.9 Å². The number of H-pyrrole nitrogens is 1. The summed E-state index contributed by atoms with van der Waals surface area (Å²) >= 11 is 0. The first-order valence-electron chi connectivity index (χ1n) is 9.72. The van der Waals surface area contributed by atoms with Gasteiger partial charge in [-0.3, -0.25) is 9.69 Å². The van der Waals surface area contributed by atoms with Gasteiger partial charge in [-0.2, -0.15) is 0 Å². The van der Waals surface area contributed by atoms with Gasteiger partial charge < -0.3 is 24.7 Å². The lowest BCUT2D eigenvalue weighted by atomic mass is 10.2. The van der Waals surface area contributed by atoms with Crippen molar-refractivity contribution in [2.75, 3.05) is 45.2 Å². The maximum atomic E-state index is 12.3. The molecule has 2 amide bonds. The minimum absolute atomic E-state index is 0.0990. The number of fused-ring (bicyclic) bond motifs is 1. The van der Waals surface area contributed by atoms with Gasteiger partial charge in [0.1, 0.15) is 18.0 Å². The molecule has 0 saturated carbocycles. The number of carbonyl (C=O) groups is 2. The van der Waals surface area contributed by atoms with Crippen LogP contribution in [0.2, 0.25) is 0 Å². The van der Waals surface area contributed by atoms with Crippen LogP contribution >= 0.6 is 0 Å². The Morgan fingerprint density at radius 1 is 1.31 bits per heavy atom. The third-order valence-corrected chi connectivity index (χ3v) is 4.38. The van der Waals surface area contributed by atoms with Crippen LogP contribution in [-0.2, 0) is 20.8 Å². The highest BCUT2D eigenvalue weighted by Gasteiger charge is 2.21. The van der Waals surface area contributed by atoms with Crippen LogP contribution in [-0.4, -0.2) is 77.3 Å². The van der Waals surface area contributed by atoms with Crippen molar-refractivity contribution in [1.82, 2.24) is 19.8 Å². The number of carbonyl (C=O) groups excluding carboxylic acids is 2. The van der Waals surface area contributed by atoms with Crippen molar-refractivity contribution in [1.29, 1.82) is 0 Å². The number of nitrogens with zero attached hydrogens (tertiary/aromatic N) is 3. The van der Waals surface area contributed by atoms with Gasteiger partial charge in [-0.15, -0.1) is 0 Å². The third-order valence-electron chi connectivity index (χ3n) is 4.38. The van der Waals surface area contributed by atoms with E-state index >= 15 is 0 Å². The molecule has 1 aliphatic rings. The monoisotopic (exact) mass is 403 g/mol. The van der Waals surface area contributed by atoms with E-state index in [0.29, 0.717) is 5.69 Å². The average Bonchev–Trinajstić information content (AvgIpc) is 3.02. The first-order chi connectivity index (χ1) is 13.7. The number of benzene rings is 1. The van der Waals surface area contributed by atoms with Crippen molar-refractivity contribution >= 4 is 28.7 Å². The van der Waals surface area contributed by atoms with Gasteiger partial charge in [-0.25, -0.2) is 9.78 Å². The lowest BCUT2D eigenvalue weighted by Gasteiger charge is -2.25. The lowest BCUT2D eigenvalue weighted by Crippen LogP contribution is -2.38. The van der Waals surface area contributed by atoms with Gasteiger partial charge in [0, 0.05) is 25.8 Å². The topological polar surface area (TPSA) is 99.8 Å². The zero-order valence-electron chi connectivity index (χ0n) is 17.4. The molecule has 158 valence electrons. The summed E-state index contributed by atoms with van der Waals surface area (Å²) in [7, 11) is 1.53. The minimum Gasteiger partial charge on any atom is -0.444 e. The standard InChI is InChI=1S/C20H29N5O4/c1-20(2,3)29-19(27)24(4)13-18(26)21-14-5-6-15-16(11-14)23-17(22-15)12-25-7-9-28-10-8-25/h5-6,11H,7-10,12-13H2,1-4H3,(H,21,26)(H,22,23). The van der Waals surface area contributed by atoms with E-state index in [9.17, 15) is 9.59 Å². The number of aromatic nitrogens is 2. The second-order valence-corrected chi connectivity index (χ2v) is 8.19. The Morgan fingerprint density at radius 2 is 2.03 bits per heavy atom. The van der Waals surface area contributed by atoms with Gasteiger partial charge in [-0.05, 0) is 39.0 Å². The zero-order chi connectivity index (χ0) is 21.0. The molecule has 1 aromatic carbocycles. The Hall–Kier alpha value is -2.65. The van der Waals surface area contributed by atoms with Crippen molar-refractivity contribution in [2.45, 2.75) is 32.9 Å². The maximum Gasteiger partial charge on any atom is 0.410 e. The van der Waals surface area contributed by atoms with E-state index in [2.05, 4.69) is 20.2 Å². The fourth-order valence-electron chi connectivity index (χ4n) is 3.01. The summed E-state index contributed by atoms with van der Waals surface area (Å²) in [6, 6.07) is 5.51. The molecule has 0 unspecified atom stereocenters. The number of aromatic amines is 1. The van der Waals surface area contributed by atoms with Crippen LogP contribution in [0.5, 0.6) is 0 Å². The smallest absolute Gasteiger partial charge is 0.410 e. The van der Waals surface area contributed by atoms with Crippen molar-refractivity contribution in [2.24, 2.45) is 0 Å². The largest absolute Gasteiger partial charge is 0.444 e. The molecule has 0 aliphatic carbocycles. The Bertz CT molecular complexity index is 867. The fourth-order valence-corrected chi connectivity index (χ4v) is 3.01. The van der Waals surface area contributed by atoms with Crippen LogP contribution in [0, 0.1) is 0 Å². The fraction of sp³-hybridized carbons (Fsp3) is 0.550. The average molecular weight is 403 g/mol. The molecule has 2 heterocycles. The van der Waals surface area contributed by atoms with E-state index < -0.39 is 11.7 Å². The minimum atomic E-state index is -0.605. The molecule has 29 heavy (non-hydrogen) atoms. The Kier molecular flexibility index (Phi) is 6.39. The number of amides is 2.